The highest BCUT2D eigenvalue weighted by Gasteiger charge is 2.18. The number of aromatic nitrogens is 2. The number of ether oxygens (including phenoxy) is 1. The molecule has 0 amide bonds. The summed E-state index contributed by atoms with van der Waals surface area (Å²) >= 11 is 0. The van der Waals surface area contributed by atoms with Crippen LogP contribution in [0.1, 0.15) is 5.69 Å². The maximum Gasteiger partial charge on any atom is 0.238 e. The first-order valence-electron chi connectivity index (χ1n) is 5.90. The molecule has 0 radical (unpaired) electrons. The molecule has 6 nitrogen and oxygen atoms in total. The van der Waals surface area contributed by atoms with Crippen LogP contribution in [0, 0.1) is 11.6 Å². The van der Waals surface area contributed by atoms with Gasteiger partial charge in [0.05, 0.1) is 11.5 Å². The van der Waals surface area contributed by atoms with Gasteiger partial charge >= 0.3 is 0 Å². The lowest BCUT2D eigenvalue weighted by atomic mass is 10.3. The Morgan fingerprint density at radius 2 is 1.95 bits per heavy atom. The van der Waals surface area contributed by atoms with Crippen LogP contribution in [0.3, 0.4) is 0 Å². The quantitative estimate of drug-likeness (QED) is 0.890. The van der Waals surface area contributed by atoms with Crippen LogP contribution in [0.4, 0.5) is 8.78 Å². The second kappa shape index (κ2) is 5.78. The number of hydrogen-bond acceptors (Lipinski definition) is 4. The summed E-state index contributed by atoms with van der Waals surface area (Å²) < 4.78 is 56.1. The zero-order valence-corrected chi connectivity index (χ0v) is 11.9. The Bertz CT molecular complexity index is 736. The summed E-state index contributed by atoms with van der Waals surface area (Å²) in [6, 6.07) is 3.00. The van der Waals surface area contributed by atoms with Gasteiger partial charge in [-0.3, -0.25) is 4.68 Å². The molecule has 9 heteroatoms. The van der Waals surface area contributed by atoms with Gasteiger partial charge in [-0.05, 0) is 18.2 Å². The molecule has 0 aliphatic heterocycles. The first-order chi connectivity index (χ1) is 9.79. The van der Waals surface area contributed by atoms with Crippen LogP contribution in [0.2, 0.25) is 0 Å². The largest absolute Gasteiger partial charge is 0.487 e. The van der Waals surface area contributed by atoms with Crippen LogP contribution in [0.15, 0.2) is 29.3 Å². The predicted molar refractivity (Wildman–Crippen MR) is 70.1 cm³/mol. The molecule has 0 saturated heterocycles. The van der Waals surface area contributed by atoms with Gasteiger partial charge in [0.15, 0.2) is 17.4 Å². The van der Waals surface area contributed by atoms with Crippen molar-refractivity contribution < 1.29 is 21.9 Å². The molecule has 1 aromatic carbocycles. The van der Waals surface area contributed by atoms with Gasteiger partial charge < -0.3 is 4.74 Å². The zero-order chi connectivity index (χ0) is 15.6. The Labute approximate surface area is 120 Å². The number of nitrogens with two attached hydrogens (primary N) is 1. The molecule has 0 spiro atoms. The predicted octanol–water partition coefficient (Wildman–Crippen LogP) is 0.967. The van der Waals surface area contributed by atoms with E-state index in [9.17, 15) is 17.2 Å². The van der Waals surface area contributed by atoms with Gasteiger partial charge in [-0.15, -0.1) is 0 Å². The normalized spacial score (nSPS) is 11.6. The Morgan fingerprint density at radius 3 is 2.43 bits per heavy atom. The van der Waals surface area contributed by atoms with Gasteiger partial charge in [0.25, 0.3) is 0 Å². The van der Waals surface area contributed by atoms with Crippen LogP contribution >= 0.6 is 0 Å². The van der Waals surface area contributed by atoms with E-state index in [0.717, 1.165) is 5.69 Å². The smallest absolute Gasteiger partial charge is 0.238 e. The lowest BCUT2D eigenvalue weighted by molar-refractivity contribution is 0.285. The van der Waals surface area contributed by atoms with Crippen LogP contribution in [-0.2, 0) is 23.5 Å². The molecule has 0 saturated carbocycles. The van der Waals surface area contributed by atoms with E-state index in [1.807, 2.05) is 0 Å². The maximum absolute atomic E-state index is 13.7. The molecule has 2 rings (SSSR count). The van der Waals surface area contributed by atoms with Crippen molar-refractivity contribution in [2.45, 2.75) is 11.3 Å². The zero-order valence-electron chi connectivity index (χ0n) is 11.1. The molecule has 0 bridgehead atoms. The molecular weight excluding hydrogens is 304 g/mol. The van der Waals surface area contributed by atoms with Crippen molar-refractivity contribution in [3.63, 3.8) is 0 Å². The molecule has 2 aromatic rings. The molecule has 0 atom stereocenters. The van der Waals surface area contributed by atoms with Gasteiger partial charge in [0.1, 0.15) is 0 Å². The van der Waals surface area contributed by atoms with E-state index >= 15 is 0 Å². The minimum Gasteiger partial charge on any atom is -0.487 e. The standard InChI is InChI=1S/C12H13F2N3O3S/c1-17-8(2-4-16-17)3-5-20-12-10(13)6-9(7-11(12)14)21(15,18)19/h2,4,6-7H,3,5H2,1H3,(H2,15,18,19). The van der Waals surface area contributed by atoms with E-state index in [1.54, 1.807) is 24.0 Å². The summed E-state index contributed by atoms with van der Waals surface area (Å²) in [5.74, 6) is -2.88. The van der Waals surface area contributed by atoms with Gasteiger partial charge in [-0.1, -0.05) is 0 Å². The fraction of sp³-hybridized carbons (Fsp3) is 0.250. The molecule has 2 N–H and O–H groups in total. The summed E-state index contributed by atoms with van der Waals surface area (Å²) in [5.41, 5.74) is 0.831. The van der Waals surface area contributed by atoms with E-state index in [2.05, 4.69) is 5.10 Å². The van der Waals surface area contributed by atoms with Crippen molar-refractivity contribution in [1.29, 1.82) is 0 Å². The highest BCUT2D eigenvalue weighted by molar-refractivity contribution is 7.89. The number of sulfonamides is 1. The Balaban J connectivity index is 2.12. The third kappa shape index (κ3) is 3.56. The topological polar surface area (TPSA) is 87.2 Å². The maximum atomic E-state index is 13.7. The monoisotopic (exact) mass is 317 g/mol. The lowest BCUT2D eigenvalue weighted by Gasteiger charge is -2.09. The summed E-state index contributed by atoms with van der Waals surface area (Å²) in [6.45, 7) is 0.0160. The van der Waals surface area contributed by atoms with Gasteiger partial charge in [-0.25, -0.2) is 22.3 Å². The van der Waals surface area contributed by atoms with E-state index in [1.165, 1.54) is 0 Å². The average Bonchev–Trinajstić information content (AvgIpc) is 2.77. The number of hydrogen-bond donors (Lipinski definition) is 1. The third-order valence-corrected chi connectivity index (χ3v) is 3.72. The van der Waals surface area contributed by atoms with Crippen molar-refractivity contribution >= 4 is 10.0 Å². The fourth-order valence-corrected chi connectivity index (χ4v) is 2.28. The Morgan fingerprint density at radius 1 is 1.33 bits per heavy atom. The minimum atomic E-state index is -4.17. The van der Waals surface area contributed by atoms with E-state index in [-0.39, 0.29) is 6.61 Å². The molecule has 114 valence electrons. The minimum absolute atomic E-state index is 0.0160. The van der Waals surface area contributed by atoms with E-state index in [4.69, 9.17) is 9.88 Å². The van der Waals surface area contributed by atoms with Gasteiger partial charge in [0, 0.05) is 25.4 Å². The van der Waals surface area contributed by atoms with Crippen molar-refractivity contribution in [3.05, 3.63) is 41.7 Å². The second-order valence-corrected chi connectivity index (χ2v) is 5.87. The lowest BCUT2D eigenvalue weighted by Crippen LogP contribution is -2.14. The van der Waals surface area contributed by atoms with Gasteiger partial charge in [0.2, 0.25) is 10.0 Å². The van der Waals surface area contributed by atoms with Crippen molar-refractivity contribution in [1.82, 2.24) is 9.78 Å². The molecule has 0 fully saturated rings. The number of primary sulfonamides is 1. The molecule has 0 aliphatic carbocycles. The highest BCUT2D eigenvalue weighted by atomic mass is 32.2. The van der Waals surface area contributed by atoms with E-state index < -0.39 is 32.3 Å². The van der Waals surface area contributed by atoms with Crippen molar-refractivity contribution in [2.24, 2.45) is 12.2 Å². The van der Waals surface area contributed by atoms with Crippen LogP contribution in [0.25, 0.3) is 0 Å². The second-order valence-electron chi connectivity index (χ2n) is 4.31. The van der Waals surface area contributed by atoms with E-state index in [0.29, 0.717) is 18.6 Å². The molecule has 0 aliphatic rings. The van der Waals surface area contributed by atoms with Crippen LogP contribution < -0.4 is 9.88 Å². The third-order valence-electron chi connectivity index (χ3n) is 2.83. The Hall–Kier alpha value is -2.00. The van der Waals surface area contributed by atoms with Crippen LogP contribution in [-0.4, -0.2) is 24.8 Å². The first-order valence-corrected chi connectivity index (χ1v) is 7.45. The number of rotatable bonds is 5. The summed E-state index contributed by atoms with van der Waals surface area (Å²) in [7, 11) is -2.44. The molecule has 1 aromatic heterocycles. The Kier molecular flexibility index (Phi) is 4.24. The first kappa shape index (κ1) is 15.4. The van der Waals surface area contributed by atoms with Crippen molar-refractivity contribution in [3.8, 4) is 5.75 Å². The summed E-state index contributed by atoms with van der Waals surface area (Å²) in [4.78, 5) is -0.642. The molecule has 1 heterocycles. The van der Waals surface area contributed by atoms with Gasteiger partial charge in [-0.2, -0.15) is 5.10 Å². The SMILES string of the molecule is Cn1nccc1CCOc1c(F)cc(S(N)(=O)=O)cc1F. The molecule has 21 heavy (non-hydrogen) atoms. The number of halogens is 2. The highest BCUT2D eigenvalue weighted by Crippen LogP contribution is 2.25. The molecular formula is C12H13F2N3O3S. The van der Waals surface area contributed by atoms with Crippen molar-refractivity contribution in [2.75, 3.05) is 6.61 Å². The summed E-state index contributed by atoms with van der Waals surface area (Å²) in [6.07, 6.45) is 1.99. The summed E-state index contributed by atoms with van der Waals surface area (Å²) in [5, 5.41) is 8.76. The molecule has 0 unspecified atom stereocenters. The average molecular weight is 317 g/mol. The fourth-order valence-electron chi connectivity index (χ4n) is 1.74. The number of aryl methyl sites for hydroxylation is 1. The van der Waals surface area contributed by atoms with Crippen LogP contribution in [0.5, 0.6) is 5.75 Å². The number of nitrogens with zero attached hydrogens (tertiary/aromatic N) is 2. The number of benzene rings is 1.